The van der Waals surface area contributed by atoms with E-state index < -0.39 is 5.69 Å². The summed E-state index contributed by atoms with van der Waals surface area (Å²) in [5, 5.41) is 0. The van der Waals surface area contributed by atoms with Crippen molar-refractivity contribution in [3.8, 4) is 16.9 Å². The Kier molecular flexibility index (Phi) is 2.59. The Labute approximate surface area is 91.9 Å². The van der Waals surface area contributed by atoms with Crippen molar-refractivity contribution < 1.29 is 4.74 Å². The highest BCUT2D eigenvalue weighted by atomic mass is 16.5. The number of hydrogen-bond donors (Lipinski definition) is 2. The normalized spacial score (nSPS) is 10.1. The van der Waals surface area contributed by atoms with Gasteiger partial charge in [0.25, 0.3) is 0 Å². The van der Waals surface area contributed by atoms with E-state index in [-0.39, 0.29) is 0 Å². The molecule has 1 aromatic carbocycles. The van der Waals surface area contributed by atoms with E-state index >= 15 is 0 Å². The zero-order valence-electron chi connectivity index (χ0n) is 8.73. The Morgan fingerprint density at radius 3 is 2.56 bits per heavy atom. The van der Waals surface area contributed by atoms with E-state index in [0.29, 0.717) is 11.4 Å². The van der Waals surface area contributed by atoms with Crippen molar-refractivity contribution in [2.24, 2.45) is 0 Å². The third-order valence-corrected chi connectivity index (χ3v) is 2.24. The summed E-state index contributed by atoms with van der Waals surface area (Å²) in [6.45, 7) is 0. The maximum Gasteiger partial charge on any atom is 0.346 e. The van der Waals surface area contributed by atoms with Crippen molar-refractivity contribution in [3.63, 3.8) is 0 Å². The molecule has 1 heterocycles. The lowest BCUT2D eigenvalue weighted by atomic mass is 10.1. The standard InChI is InChI=1S/C11H11N3O2/c1-16-8-4-2-7(3-5-8)9-6-13-11(15)14-10(9)12/h2-6H,1H3,(H3,12,13,14,15). The second-order valence-electron chi connectivity index (χ2n) is 3.24. The quantitative estimate of drug-likeness (QED) is 0.787. The second kappa shape index (κ2) is 4.06. The van der Waals surface area contributed by atoms with Crippen molar-refractivity contribution in [1.82, 2.24) is 9.97 Å². The molecular weight excluding hydrogens is 206 g/mol. The van der Waals surface area contributed by atoms with E-state index in [9.17, 15) is 4.79 Å². The molecule has 5 heteroatoms. The van der Waals surface area contributed by atoms with Gasteiger partial charge < -0.3 is 10.5 Å². The molecule has 0 saturated heterocycles. The maximum absolute atomic E-state index is 10.9. The molecular formula is C11H11N3O2. The third-order valence-electron chi connectivity index (χ3n) is 2.24. The van der Waals surface area contributed by atoms with Crippen LogP contribution in [0.15, 0.2) is 35.3 Å². The Morgan fingerprint density at radius 2 is 2.00 bits per heavy atom. The number of anilines is 1. The molecule has 0 saturated carbocycles. The SMILES string of the molecule is COc1ccc(-c2cnc(=O)[nH]c2N)cc1. The highest BCUT2D eigenvalue weighted by Crippen LogP contribution is 2.24. The van der Waals surface area contributed by atoms with Crippen LogP contribution in [0.3, 0.4) is 0 Å². The van der Waals surface area contributed by atoms with Gasteiger partial charge in [0.05, 0.1) is 7.11 Å². The van der Waals surface area contributed by atoms with Crippen LogP contribution in [0, 0.1) is 0 Å². The molecule has 0 spiro atoms. The molecule has 2 aromatic rings. The van der Waals surface area contributed by atoms with Crippen LogP contribution in [0.4, 0.5) is 5.82 Å². The van der Waals surface area contributed by atoms with E-state index in [4.69, 9.17) is 10.5 Å². The van der Waals surface area contributed by atoms with Crippen LogP contribution >= 0.6 is 0 Å². The van der Waals surface area contributed by atoms with Crippen LogP contribution in [0.2, 0.25) is 0 Å². The predicted octanol–water partition coefficient (Wildman–Crippen LogP) is 1.03. The number of aromatic nitrogens is 2. The smallest absolute Gasteiger partial charge is 0.346 e. The topological polar surface area (TPSA) is 81.0 Å². The Bertz CT molecular complexity index is 546. The largest absolute Gasteiger partial charge is 0.497 e. The summed E-state index contributed by atoms with van der Waals surface area (Å²) in [6, 6.07) is 7.34. The molecule has 1 aromatic heterocycles. The van der Waals surface area contributed by atoms with Gasteiger partial charge in [0.2, 0.25) is 0 Å². The summed E-state index contributed by atoms with van der Waals surface area (Å²) in [5.74, 6) is 1.07. The molecule has 0 bridgehead atoms. The molecule has 5 nitrogen and oxygen atoms in total. The van der Waals surface area contributed by atoms with E-state index in [2.05, 4.69) is 9.97 Å². The first-order valence-corrected chi connectivity index (χ1v) is 4.70. The Balaban J connectivity index is 2.46. The van der Waals surface area contributed by atoms with Crippen LogP contribution in [0.25, 0.3) is 11.1 Å². The fourth-order valence-corrected chi connectivity index (χ4v) is 1.41. The van der Waals surface area contributed by atoms with E-state index in [1.807, 2.05) is 24.3 Å². The van der Waals surface area contributed by atoms with Crippen molar-refractivity contribution in [3.05, 3.63) is 40.9 Å². The third kappa shape index (κ3) is 1.88. The lowest BCUT2D eigenvalue weighted by Crippen LogP contribution is -2.12. The number of hydrogen-bond acceptors (Lipinski definition) is 4. The number of ether oxygens (including phenoxy) is 1. The summed E-state index contributed by atoms with van der Waals surface area (Å²) in [6.07, 6.45) is 1.45. The van der Waals surface area contributed by atoms with E-state index in [1.165, 1.54) is 6.20 Å². The molecule has 2 rings (SSSR count). The van der Waals surface area contributed by atoms with Gasteiger partial charge in [0.15, 0.2) is 0 Å². The zero-order chi connectivity index (χ0) is 11.5. The first-order chi connectivity index (χ1) is 7.70. The molecule has 0 aliphatic rings. The highest BCUT2D eigenvalue weighted by molar-refractivity contribution is 5.72. The number of nitrogens with two attached hydrogens (primary N) is 1. The average molecular weight is 217 g/mol. The molecule has 0 radical (unpaired) electrons. The van der Waals surface area contributed by atoms with Crippen molar-refractivity contribution in [2.75, 3.05) is 12.8 Å². The van der Waals surface area contributed by atoms with E-state index in [0.717, 1.165) is 11.3 Å². The van der Waals surface area contributed by atoms with Crippen LogP contribution in [-0.2, 0) is 0 Å². The molecule has 3 N–H and O–H groups in total. The van der Waals surface area contributed by atoms with Gasteiger partial charge in [-0.15, -0.1) is 0 Å². The summed E-state index contributed by atoms with van der Waals surface area (Å²) >= 11 is 0. The first-order valence-electron chi connectivity index (χ1n) is 4.70. The number of H-pyrrole nitrogens is 1. The van der Waals surface area contributed by atoms with Crippen LogP contribution in [0.1, 0.15) is 0 Å². The van der Waals surface area contributed by atoms with Gasteiger partial charge in [-0.05, 0) is 17.7 Å². The van der Waals surface area contributed by atoms with Crippen LogP contribution < -0.4 is 16.2 Å². The van der Waals surface area contributed by atoms with Gasteiger partial charge in [-0.1, -0.05) is 12.1 Å². The molecule has 0 unspecified atom stereocenters. The minimum absolute atomic E-state index is 0.310. The number of nitrogens with zero attached hydrogens (tertiary/aromatic N) is 1. The maximum atomic E-state index is 10.9. The molecule has 16 heavy (non-hydrogen) atoms. The minimum Gasteiger partial charge on any atom is -0.497 e. The Morgan fingerprint density at radius 1 is 1.31 bits per heavy atom. The van der Waals surface area contributed by atoms with Crippen molar-refractivity contribution >= 4 is 5.82 Å². The number of nitrogen functional groups attached to an aromatic ring is 1. The van der Waals surface area contributed by atoms with Gasteiger partial charge in [-0.2, -0.15) is 0 Å². The number of rotatable bonds is 2. The van der Waals surface area contributed by atoms with E-state index in [1.54, 1.807) is 7.11 Å². The summed E-state index contributed by atoms with van der Waals surface area (Å²) in [5.41, 5.74) is 6.82. The molecule has 0 amide bonds. The Hall–Kier alpha value is -2.30. The molecule has 0 aliphatic heterocycles. The fraction of sp³-hybridized carbons (Fsp3) is 0.0909. The molecule has 0 fully saturated rings. The van der Waals surface area contributed by atoms with Gasteiger partial charge in [0.1, 0.15) is 11.6 Å². The lowest BCUT2D eigenvalue weighted by Gasteiger charge is -2.05. The van der Waals surface area contributed by atoms with Crippen molar-refractivity contribution in [2.45, 2.75) is 0 Å². The van der Waals surface area contributed by atoms with Gasteiger partial charge in [0, 0.05) is 11.8 Å². The monoisotopic (exact) mass is 217 g/mol. The van der Waals surface area contributed by atoms with Gasteiger partial charge in [-0.25, -0.2) is 9.78 Å². The number of benzene rings is 1. The van der Waals surface area contributed by atoms with Gasteiger partial charge in [-0.3, -0.25) is 4.98 Å². The molecule has 0 atom stereocenters. The zero-order valence-corrected chi connectivity index (χ0v) is 8.73. The number of methoxy groups -OCH3 is 1. The summed E-state index contributed by atoms with van der Waals surface area (Å²) < 4.78 is 5.05. The summed E-state index contributed by atoms with van der Waals surface area (Å²) in [4.78, 5) is 17.0. The number of nitrogens with one attached hydrogen (secondary N) is 1. The average Bonchev–Trinajstić information content (AvgIpc) is 2.29. The van der Waals surface area contributed by atoms with Gasteiger partial charge >= 0.3 is 5.69 Å². The number of aromatic amines is 1. The first kappa shape index (κ1) is 10.2. The van der Waals surface area contributed by atoms with Crippen molar-refractivity contribution in [1.29, 1.82) is 0 Å². The highest BCUT2D eigenvalue weighted by Gasteiger charge is 2.03. The van der Waals surface area contributed by atoms with Crippen LogP contribution in [0.5, 0.6) is 5.75 Å². The lowest BCUT2D eigenvalue weighted by molar-refractivity contribution is 0.415. The second-order valence-corrected chi connectivity index (χ2v) is 3.24. The predicted molar refractivity (Wildman–Crippen MR) is 61.3 cm³/mol. The molecule has 0 aliphatic carbocycles. The summed E-state index contributed by atoms with van der Waals surface area (Å²) in [7, 11) is 1.60. The van der Waals surface area contributed by atoms with Crippen LogP contribution in [-0.4, -0.2) is 17.1 Å². The minimum atomic E-state index is -0.449. The molecule has 82 valence electrons. The fourth-order valence-electron chi connectivity index (χ4n) is 1.41.